The zero-order valence-electron chi connectivity index (χ0n) is 8.25. The predicted molar refractivity (Wildman–Crippen MR) is 62.7 cm³/mol. The van der Waals surface area contributed by atoms with Crippen LogP contribution in [0.4, 0.5) is 4.39 Å². The lowest BCUT2D eigenvalue weighted by Crippen LogP contribution is -2.51. The van der Waals surface area contributed by atoms with Crippen LogP contribution in [0.2, 0.25) is 0 Å². The van der Waals surface area contributed by atoms with E-state index in [4.69, 9.17) is 0 Å². The quantitative estimate of drug-likeness (QED) is 0.692. The minimum Gasteiger partial charge on any atom is -0.314 e. The van der Waals surface area contributed by atoms with E-state index in [1.54, 1.807) is 0 Å². The van der Waals surface area contributed by atoms with E-state index in [-0.39, 0.29) is 6.04 Å². The van der Waals surface area contributed by atoms with Gasteiger partial charge in [-0.15, -0.1) is 0 Å². The number of piperidine rings is 1. The van der Waals surface area contributed by atoms with Gasteiger partial charge in [-0.25, -0.2) is 4.39 Å². The van der Waals surface area contributed by atoms with E-state index in [0.717, 1.165) is 37.6 Å². The van der Waals surface area contributed by atoms with Crippen molar-refractivity contribution < 1.29 is 4.39 Å². The molecule has 0 amide bonds. The maximum atomic E-state index is 13.6. The molecule has 1 N–H and O–H groups in total. The molecule has 0 bridgehead atoms. The lowest BCUT2D eigenvalue weighted by Gasteiger charge is -2.35. The summed E-state index contributed by atoms with van der Waals surface area (Å²) in [5.74, 6) is 2.28. The summed E-state index contributed by atoms with van der Waals surface area (Å²) in [6.07, 6.45) is 0.299. The number of halogens is 1. The maximum Gasteiger partial charge on any atom is 0.128 e. The lowest BCUT2D eigenvalue weighted by molar-refractivity contribution is 0.0951. The molecule has 0 radical (unpaired) electrons. The number of hydrogen-bond donors (Lipinski definition) is 1. The minimum absolute atomic E-state index is 0.176. The molecule has 0 aromatic carbocycles. The summed E-state index contributed by atoms with van der Waals surface area (Å²) in [5.41, 5.74) is 0. The molecule has 2 aliphatic rings. The highest BCUT2D eigenvalue weighted by Gasteiger charge is 2.30. The predicted octanol–water partition coefficient (Wildman–Crippen LogP) is 1.38. The van der Waals surface area contributed by atoms with Gasteiger partial charge in [0.1, 0.15) is 6.17 Å². The van der Waals surface area contributed by atoms with Crippen LogP contribution in [-0.4, -0.2) is 54.8 Å². The Bertz CT molecular complexity index is 174. The SMILES string of the molecule is FC1CNCCC1N1CCSSCC1. The van der Waals surface area contributed by atoms with Gasteiger partial charge < -0.3 is 5.32 Å². The molecule has 2 aliphatic heterocycles. The zero-order chi connectivity index (χ0) is 9.80. The van der Waals surface area contributed by atoms with E-state index in [9.17, 15) is 4.39 Å². The highest BCUT2D eigenvalue weighted by Crippen LogP contribution is 2.26. The van der Waals surface area contributed by atoms with E-state index in [1.807, 2.05) is 21.6 Å². The Kier molecular flexibility index (Phi) is 4.41. The molecule has 2 unspecified atom stereocenters. The van der Waals surface area contributed by atoms with Gasteiger partial charge in [0.15, 0.2) is 0 Å². The zero-order valence-corrected chi connectivity index (χ0v) is 9.88. The second-order valence-electron chi connectivity index (χ2n) is 3.76. The molecular weight excluding hydrogens is 219 g/mol. The van der Waals surface area contributed by atoms with Crippen LogP contribution in [0.25, 0.3) is 0 Å². The van der Waals surface area contributed by atoms with Gasteiger partial charge in [0.25, 0.3) is 0 Å². The van der Waals surface area contributed by atoms with E-state index < -0.39 is 6.17 Å². The monoisotopic (exact) mass is 236 g/mol. The third-order valence-corrected chi connectivity index (χ3v) is 5.21. The Morgan fingerprint density at radius 1 is 1.21 bits per heavy atom. The van der Waals surface area contributed by atoms with Crippen molar-refractivity contribution in [2.24, 2.45) is 0 Å². The van der Waals surface area contributed by atoms with Crippen molar-refractivity contribution in [1.82, 2.24) is 10.2 Å². The van der Waals surface area contributed by atoms with E-state index in [0.29, 0.717) is 6.54 Å². The largest absolute Gasteiger partial charge is 0.314 e. The molecular formula is C9H17FN2S2. The van der Waals surface area contributed by atoms with Crippen LogP contribution in [0.1, 0.15) is 6.42 Å². The molecule has 0 aliphatic carbocycles. The standard InChI is InChI=1S/C9H17FN2S2/c10-8-7-11-2-1-9(8)12-3-5-13-14-6-4-12/h8-9,11H,1-7H2. The number of nitrogens with zero attached hydrogens (tertiary/aromatic N) is 1. The van der Waals surface area contributed by atoms with Gasteiger partial charge >= 0.3 is 0 Å². The molecule has 2 fully saturated rings. The average molecular weight is 236 g/mol. The first kappa shape index (κ1) is 11.0. The molecule has 5 heteroatoms. The lowest BCUT2D eigenvalue weighted by atomic mass is 10.0. The Hall–Kier alpha value is 0.550. The highest BCUT2D eigenvalue weighted by molar-refractivity contribution is 8.76. The topological polar surface area (TPSA) is 15.3 Å². The summed E-state index contributed by atoms with van der Waals surface area (Å²) in [7, 11) is 3.84. The Morgan fingerprint density at radius 2 is 1.93 bits per heavy atom. The molecule has 0 aromatic heterocycles. The third-order valence-electron chi connectivity index (χ3n) is 2.85. The molecule has 14 heavy (non-hydrogen) atoms. The van der Waals surface area contributed by atoms with Crippen LogP contribution in [0.15, 0.2) is 0 Å². The summed E-state index contributed by atoms with van der Waals surface area (Å²) in [6.45, 7) is 3.63. The highest BCUT2D eigenvalue weighted by atomic mass is 33.1. The van der Waals surface area contributed by atoms with E-state index in [2.05, 4.69) is 10.2 Å². The number of nitrogens with one attached hydrogen (secondary N) is 1. The van der Waals surface area contributed by atoms with Crippen LogP contribution < -0.4 is 5.32 Å². The Labute approximate surface area is 92.8 Å². The Morgan fingerprint density at radius 3 is 2.57 bits per heavy atom. The van der Waals surface area contributed by atoms with Crippen LogP contribution in [0, 0.1) is 0 Å². The van der Waals surface area contributed by atoms with Crippen molar-refractivity contribution in [3.63, 3.8) is 0 Å². The van der Waals surface area contributed by atoms with Crippen LogP contribution in [0.5, 0.6) is 0 Å². The number of alkyl halides is 1. The van der Waals surface area contributed by atoms with Crippen molar-refractivity contribution in [3.05, 3.63) is 0 Å². The fraction of sp³-hybridized carbons (Fsp3) is 1.00. The summed E-state index contributed by atoms with van der Waals surface area (Å²) < 4.78 is 13.6. The number of rotatable bonds is 1. The van der Waals surface area contributed by atoms with E-state index in [1.165, 1.54) is 0 Å². The second kappa shape index (κ2) is 5.58. The first-order valence-corrected chi connectivity index (χ1v) is 7.70. The van der Waals surface area contributed by atoms with E-state index >= 15 is 0 Å². The van der Waals surface area contributed by atoms with Crippen LogP contribution in [0.3, 0.4) is 0 Å². The summed E-state index contributed by atoms with van der Waals surface area (Å²) in [5, 5.41) is 3.11. The first-order chi connectivity index (χ1) is 6.88. The van der Waals surface area contributed by atoms with Gasteiger partial charge in [-0.1, -0.05) is 21.6 Å². The van der Waals surface area contributed by atoms with Crippen molar-refractivity contribution in [2.45, 2.75) is 18.6 Å². The van der Waals surface area contributed by atoms with Gasteiger partial charge in [0.2, 0.25) is 0 Å². The van der Waals surface area contributed by atoms with Gasteiger partial charge in [-0.2, -0.15) is 0 Å². The molecule has 2 atom stereocenters. The van der Waals surface area contributed by atoms with Gasteiger partial charge in [0, 0.05) is 37.2 Å². The van der Waals surface area contributed by atoms with Crippen molar-refractivity contribution in [2.75, 3.05) is 37.7 Å². The van der Waals surface area contributed by atoms with Crippen LogP contribution in [-0.2, 0) is 0 Å². The Balaban J connectivity index is 1.90. The third kappa shape index (κ3) is 2.78. The van der Waals surface area contributed by atoms with Gasteiger partial charge in [0.05, 0.1) is 0 Å². The first-order valence-electron chi connectivity index (χ1n) is 5.21. The molecule has 2 saturated heterocycles. The number of hydrogen-bond acceptors (Lipinski definition) is 4. The fourth-order valence-corrected chi connectivity index (χ4v) is 4.10. The normalized spacial score (nSPS) is 36.6. The average Bonchev–Trinajstić information content (AvgIpc) is 2.47. The minimum atomic E-state index is -0.670. The summed E-state index contributed by atoms with van der Waals surface area (Å²) in [6, 6.07) is 0.176. The van der Waals surface area contributed by atoms with Crippen molar-refractivity contribution in [3.8, 4) is 0 Å². The fourth-order valence-electron chi connectivity index (χ4n) is 2.09. The second-order valence-corrected chi connectivity index (χ2v) is 6.46. The summed E-state index contributed by atoms with van der Waals surface area (Å²) in [4.78, 5) is 2.35. The molecule has 0 saturated carbocycles. The molecule has 2 heterocycles. The molecule has 0 spiro atoms. The van der Waals surface area contributed by atoms with Crippen LogP contribution >= 0.6 is 21.6 Å². The molecule has 0 aromatic rings. The molecule has 82 valence electrons. The molecule has 2 nitrogen and oxygen atoms in total. The molecule has 2 rings (SSSR count). The van der Waals surface area contributed by atoms with Gasteiger partial charge in [-0.3, -0.25) is 4.90 Å². The maximum absolute atomic E-state index is 13.6. The smallest absolute Gasteiger partial charge is 0.128 e. The summed E-state index contributed by atoms with van der Waals surface area (Å²) >= 11 is 0. The van der Waals surface area contributed by atoms with Crippen molar-refractivity contribution >= 4 is 21.6 Å². The van der Waals surface area contributed by atoms with Gasteiger partial charge in [-0.05, 0) is 13.0 Å². The van der Waals surface area contributed by atoms with Crippen molar-refractivity contribution in [1.29, 1.82) is 0 Å².